The lowest BCUT2D eigenvalue weighted by atomic mass is 9.93. The van der Waals surface area contributed by atoms with Gasteiger partial charge in [-0.25, -0.2) is 21.6 Å². The topological polar surface area (TPSA) is 46.2 Å². The third-order valence-electron chi connectivity index (χ3n) is 3.25. The van der Waals surface area contributed by atoms with Gasteiger partial charge in [-0.3, -0.25) is 0 Å². The minimum atomic E-state index is -4.98. The smallest absolute Gasteiger partial charge is 0.236 e. The third-order valence-corrected chi connectivity index (χ3v) is 4.85. The number of nitrogens with one attached hydrogen (secondary N) is 1. The van der Waals surface area contributed by atoms with Crippen LogP contribution in [0.5, 0.6) is 0 Å². The van der Waals surface area contributed by atoms with Crippen molar-refractivity contribution in [2.45, 2.75) is 23.0 Å². The molecule has 0 radical (unpaired) electrons. The van der Waals surface area contributed by atoms with Gasteiger partial charge in [0.2, 0.25) is 15.8 Å². The second-order valence-electron chi connectivity index (χ2n) is 5.03. The standard InChI is InChI=1S/C14H11ClF5NO2S/c15-14(20)12(17,8-6-11(16)13(14,18)19)21-24(22,23)9-7-10-4-2-1-3-5-10/h1-9,11,21H/b9-7+. The first kappa shape index (κ1) is 18.9. The predicted octanol–water partition coefficient (Wildman–Crippen LogP) is 3.69. The molecule has 0 amide bonds. The maximum Gasteiger partial charge on any atom is 0.334 e. The molecule has 1 aromatic carbocycles. The Bertz CT molecular complexity index is 767. The van der Waals surface area contributed by atoms with Crippen molar-refractivity contribution in [3.63, 3.8) is 0 Å². The summed E-state index contributed by atoms with van der Waals surface area (Å²) in [5, 5.41) is -4.20. The molecule has 0 saturated carbocycles. The zero-order valence-corrected chi connectivity index (χ0v) is 13.3. The molecule has 1 N–H and O–H groups in total. The highest BCUT2D eigenvalue weighted by Crippen LogP contribution is 2.51. The van der Waals surface area contributed by atoms with E-state index in [9.17, 15) is 30.4 Å². The summed E-state index contributed by atoms with van der Waals surface area (Å²) in [5.74, 6) is -9.02. The Morgan fingerprint density at radius 3 is 2.29 bits per heavy atom. The fourth-order valence-electron chi connectivity index (χ4n) is 1.93. The van der Waals surface area contributed by atoms with Gasteiger partial charge in [0.1, 0.15) is 0 Å². The van der Waals surface area contributed by atoms with Crippen molar-refractivity contribution in [2.75, 3.05) is 0 Å². The average Bonchev–Trinajstić information content (AvgIpc) is 2.50. The van der Waals surface area contributed by atoms with Crippen LogP contribution in [0, 0.1) is 0 Å². The number of allylic oxidation sites excluding steroid dienone is 1. The second kappa shape index (κ2) is 6.12. The van der Waals surface area contributed by atoms with E-state index in [-0.39, 0.29) is 12.2 Å². The van der Waals surface area contributed by atoms with Crippen LogP contribution in [-0.4, -0.2) is 31.4 Å². The summed E-state index contributed by atoms with van der Waals surface area (Å²) >= 11 is 4.86. The van der Waals surface area contributed by atoms with Crippen molar-refractivity contribution in [1.29, 1.82) is 0 Å². The van der Waals surface area contributed by atoms with E-state index in [4.69, 9.17) is 11.6 Å². The fourth-order valence-corrected chi connectivity index (χ4v) is 3.23. The number of benzene rings is 1. The molecule has 3 unspecified atom stereocenters. The zero-order valence-electron chi connectivity index (χ0n) is 11.8. The molecule has 0 fully saturated rings. The molecule has 0 saturated heterocycles. The Morgan fingerprint density at radius 1 is 1.12 bits per heavy atom. The van der Waals surface area contributed by atoms with Crippen molar-refractivity contribution in [3.8, 4) is 0 Å². The Balaban J connectivity index is 2.31. The number of hydrogen-bond acceptors (Lipinski definition) is 2. The highest BCUT2D eigenvalue weighted by atomic mass is 35.5. The molecule has 0 bridgehead atoms. The summed E-state index contributed by atoms with van der Waals surface area (Å²) in [7, 11) is -4.71. The molecule has 0 spiro atoms. The normalized spacial score (nSPS) is 33.0. The Hall–Kier alpha value is -1.45. The van der Waals surface area contributed by atoms with Gasteiger partial charge in [-0.1, -0.05) is 41.9 Å². The van der Waals surface area contributed by atoms with Crippen LogP contribution < -0.4 is 4.72 Å². The number of halogens is 6. The number of sulfonamides is 1. The van der Waals surface area contributed by atoms with Crippen LogP contribution in [0.25, 0.3) is 6.08 Å². The number of hydrogen-bond donors (Lipinski definition) is 1. The predicted molar refractivity (Wildman–Crippen MR) is 80.0 cm³/mol. The van der Waals surface area contributed by atoms with Gasteiger partial charge in [-0.2, -0.15) is 13.5 Å². The lowest BCUT2D eigenvalue weighted by Gasteiger charge is -2.41. The quantitative estimate of drug-likeness (QED) is 0.371. The lowest BCUT2D eigenvalue weighted by molar-refractivity contribution is -0.182. The SMILES string of the molecule is O=S(=O)(/C=C/c1ccccc1)NC1(F)C=CC(F)C(F)(F)C1(F)Cl. The van der Waals surface area contributed by atoms with Crippen molar-refractivity contribution in [2.24, 2.45) is 0 Å². The third kappa shape index (κ3) is 3.33. The molecule has 2 rings (SSSR count). The summed E-state index contributed by atoms with van der Waals surface area (Å²) in [5.41, 5.74) is 0.404. The number of alkyl halides is 6. The van der Waals surface area contributed by atoms with Gasteiger partial charge in [0.15, 0.2) is 6.17 Å². The van der Waals surface area contributed by atoms with E-state index in [0.717, 1.165) is 10.8 Å². The molecule has 24 heavy (non-hydrogen) atoms. The van der Waals surface area contributed by atoms with Crippen molar-refractivity contribution < 1.29 is 30.4 Å². The molecule has 3 atom stereocenters. The molecular weight excluding hydrogens is 377 g/mol. The Labute approximate surface area is 139 Å². The molecule has 1 aromatic rings. The van der Waals surface area contributed by atoms with Crippen LogP contribution in [0.3, 0.4) is 0 Å². The van der Waals surface area contributed by atoms with E-state index in [2.05, 4.69) is 0 Å². The highest BCUT2D eigenvalue weighted by molar-refractivity contribution is 7.92. The van der Waals surface area contributed by atoms with Gasteiger partial charge >= 0.3 is 11.1 Å². The van der Waals surface area contributed by atoms with E-state index in [0.29, 0.717) is 11.0 Å². The molecule has 1 aliphatic carbocycles. The molecule has 10 heteroatoms. The minimum Gasteiger partial charge on any atom is -0.236 e. The van der Waals surface area contributed by atoms with Gasteiger partial charge in [-0.05, 0) is 23.8 Å². The van der Waals surface area contributed by atoms with Crippen LogP contribution >= 0.6 is 11.6 Å². The molecule has 0 heterocycles. The first-order valence-electron chi connectivity index (χ1n) is 6.46. The van der Waals surface area contributed by atoms with E-state index >= 15 is 0 Å². The highest BCUT2D eigenvalue weighted by Gasteiger charge is 2.73. The van der Waals surface area contributed by atoms with Crippen LogP contribution in [0.15, 0.2) is 47.9 Å². The number of rotatable bonds is 4. The maximum atomic E-state index is 14.5. The van der Waals surface area contributed by atoms with E-state index in [1.165, 1.54) is 12.1 Å². The average molecular weight is 388 g/mol. The largest absolute Gasteiger partial charge is 0.334 e. The van der Waals surface area contributed by atoms with Crippen molar-refractivity contribution in [1.82, 2.24) is 4.72 Å². The fraction of sp³-hybridized carbons (Fsp3) is 0.286. The molecule has 0 aliphatic heterocycles. The summed E-state index contributed by atoms with van der Waals surface area (Å²) in [6.45, 7) is 0. The second-order valence-corrected chi connectivity index (χ2v) is 7.12. The summed E-state index contributed by atoms with van der Waals surface area (Å²) < 4.78 is 93.3. The van der Waals surface area contributed by atoms with Crippen LogP contribution in [0.4, 0.5) is 22.0 Å². The van der Waals surface area contributed by atoms with E-state index in [1.54, 1.807) is 18.2 Å². The molecular formula is C14H11ClF5NO2S. The van der Waals surface area contributed by atoms with Crippen LogP contribution in [0.2, 0.25) is 0 Å². The minimum absolute atomic E-state index is 0.00361. The monoisotopic (exact) mass is 387 g/mol. The Morgan fingerprint density at radius 2 is 1.71 bits per heavy atom. The summed E-state index contributed by atoms with van der Waals surface area (Å²) in [4.78, 5) is 0. The zero-order chi connectivity index (χ0) is 18.2. The van der Waals surface area contributed by atoms with Crippen LogP contribution in [-0.2, 0) is 10.0 Å². The van der Waals surface area contributed by atoms with Gasteiger partial charge in [0.05, 0.1) is 0 Å². The lowest BCUT2D eigenvalue weighted by Crippen LogP contribution is -2.67. The van der Waals surface area contributed by atoms with Crippen LogP contribution in [0.1, 0.15) is 5.56 Å². The van der Waals surface area contributed by atoms with Crippen molar-refractivity contribution >= 4 is 27.7 Å². The summed E-state index contributed by atoms with van der Waals surface area (Å²) in [6.07, 6.45) is -2.18. The first-order valence-corrected chi connectivity index (χ1v) is 8.39. The van der Waals surface area contributed by atoms with Gasteiger partial charge in [0, 0.05) is 5.41 Å². The molecule has 3 nitrogen and oxygen atoms in total. The van der Waals surface area contributed by atoms with Crippen molar-refractivity contribution in [3.05, 3.63) is 53.5 Å². The van der Waals surface area contributed by atoms with E-state index in [1.807, 2.05) is 0 Å². The molecule has 1 aliphatic rings. The van der Waals surface area contributed by atoms with E-state index < -0.39 is 33.0 Å². The van der Waals surface area contributed by atoms with Gasteiger partial charge in [-0.15, -0.1) is 0 Å². The summed E-state index contributed by atoms with van der Waals surface area (Å²) in [6, 6.07) is 7.87. The Kier molecular flexibility index (Phi) is 4.82. The van der Waals surface area contributed by atoms with Gasteiger partial charge in [0.25, 0.3) is 0 Å². The molecule has 132 valence electrons. The van der Waals surface area contributed by atoms with Gasteiger partial charge < -0.3 is 0 Å². The molecule has 0 aromatic heterocycles. The first-order chi connectivity index (χ1) is 10.9. The maximum absolute atomic E-state index is 14.5.